The highest BCUT2D eigenvalue weighted by molar-refractivity contribution is 5.99. The van der Waals surface area contributed by atoms with E-state index in [-0.39, 0.29) is 5.78 Å². The summed E-state index contributed by atoms with van der Waals surface area (Å²) >= 11 is 0. The minimum Gasteiger partial charge on any atom is -0.495 e. The summed E-state index contributed by atoms with van der Waals surface area (Å²) in [5, 5.41) is 9.08. The fourth-order valence-corrected chi connectivity index (χ4v) is 3.27. The van der Waals surface area contributed by atoms with Crippen LogP contribution in [-0.2, 0) is 0 Å². The number of ketones is 1. The fraction of sp³-hybridized carbons (Fsp3) is 0.174. The van der Waals surface area contributed by atoms with Crippen molar-refractivity contribution in [2.75, 3.05) is 13.7 Å². The maximum absolute atomic E-state index is 12.0. The Bertz CT molecular complexity index is 1090. The van der Waals surface area contributed by atoms with Crippen molar-refractivity contribution in [2.24, 2.45) is 0 Å². The molecule has 1 atom stereocenters. The van der Waals surface area contributed by atoms with Gasteiger partial charge in [0.15, 0.2) is 11.9 Å². The van der Waals surface area contributed by atoms with Crippen LogP contribution < -0.4 is 14.2 Å². The number of nitrogens with zero attached hydrogens (tertiary/aromatic N) is 2. The highest BCUT2D eigenvalue weighted by Gasteiger charge is 2.23. The first kappa shape index (κ1) is 18.5. The van der Waals surface area contributed by atoms with Gasteiger partial charge in [-0.1, -0.05) is 12.1 Å². The van der Waals surface area contributed by atoms with Gasteiger partial charge in [0.25, 0.3) is 0 Å². The summed E-state index contributed by atoms with van der Waals surface area (Å²) in [7, 11) is 1.58. The normalized spacial score (nSPS) is 13.6. The molecule has 29 heavy (non-hydrogen) atoms. The summed E-state index contributed by atoms with van der Waals surface area (Å²) in [6.07, 6.45) is 3.18. The van der Waals surface area contributed by atoms with Gasteiger partial charge in [0.1, 0.15) is 17.2 Å². The Balaban J connectivity index is 1.74. The smallest absolute Gasteiger partial charge is 0.169 e. The number of aromatic nitrogens is 1. The second-order valence-electron chi connectivity index (χ2n) is 6.53. The predicted octanol–water partition coefficient (Wildman–Crippen LogP) is 4.10. The Labute approximate surface area is 168 Å². The Morgan fingerprint density at radius 3 is 2.76 bits per heavy atom. The number of carbonyl (C=O) groups is 1. The molecule has 0 aliphatic carbocycles. The number of carbonyl (C=O) groups excluding carboxylic acids is 1. The zero-order valence-electron chi connectivity index (χ0n) is 15.8. The van der Waals surface area contributed by atoms with Crippen LogP contribution in [0.4, 0.5) is 0 Å². The van der Waals surface area contributed by atoms with E-state index in [1.807, 2.05) is 18.2 Å². The molecule has 0 fully saturated rings. The van der Waals surface area contributed by atoms with Crippen LogP contribution in [0.3, 0.4) is 0 Å². The number of pyridine rings is 1. The molecule has 0 radical (unpaired) electrons. The van der Waals surface area contributed by atoms with E-state index in [2.05, 4.69) is 11.1 Å². The lowest BCUT2D eigenvalue weighted by Crippen LogP contribution is -2.16. The molecule has 144 valence electrons. The minimum absolute atomic E-state index is 0.0669. The van der Waals surface area contributed by atoms with Crippen molar-refractivity contribution in [2.45, 2.75) is 12.5 Å². The summed E-state index contributed by atoms with van der Waals surface area (Å²) in [4.78, 5) is 16.1. The number of nitriles is 1. The van der Waals surface area contributed by atoms with Crippen molar-refractivity contribution in [3.8, 4) is 23.3 Å². The third kappa shape index (κ3) is 3.76. The number of methoxy groups -OCH3 is 1. The molecule has 2 aromatic carbocycles. The SMILES string of the molecule is COc1cnccc1C(Oc1ccc2c(c1)OCCC2=O)c1ccc(C#N)cc1. The molecule has 1 unspecified atom stereocenters. The van der Waals surface area contributed by atoms with Crippen molar-refractivity contribution in [1.29, 1.82) is 5.26 Å². The van der Waals surface area contributed by atoms with Crippen LogP contribution in [0.5, 0.6) is 17.2 Å². The van der Waals surface area contributed by atoms with Gasteiger partial charge in [-0.15, -0.1) is 0 Å². The molecule has 4 rings (SSSR count). The summed E-state index contributed by atoms with van der Waals surface area (Å²) < 4.78 is 17.4. The first-order valence-electron chi connectivity index (χ1n) is 9.14. The van der Waals surface area contributed by atoms with E-state index in [9.17, 15) is 4.79 Å². The van der Waals surface area contributed by atoms with Gasteiger partial charge in [0.2, 0.25) is 0 Å². The molecule has 0 spiro atoms. The molecule has 0 bridgehead atoms. The van der Waals surface area contributed by atoms with Crippen molar-refractivity contribution < 1.29 is 19.0 Å². The molecule has 0 saturated heterocycles. The lowest BCUT2D eigenvalue weighted by Gasteiger charge is -2.23. The molecule has 0 amide bonds. The van der Waals surface area contributed by atoms with Crippen molar-refractivity contribution in [3.63, 3.8) is 0 Å². The lowest BCUT2D eigenvalue weighted by molar-refractivity contribution is 0.0933. The molecule has 1 aliphatic rings. The number of hydrogen-bond donors (Lipinski definition) is 0. The quantitative estimate of drug-likeness (QED) is 0.657. The molecule has 1 aromatic heterocycles. The van der Waals surface area contributed by atoms with Gasteiger partial charge in [-0.2, -0.15) is 5.26 Å². The van der Waals surface area contributed by atoms with Gasteiger partial charge in [-0.05, 0) is 35.9 Å². The standard InChI is InChI=1S/C23H18N2O4/c1-27-22-14-25-10-8-19(22)23(16-4-2-15(13-24)3-5-16)29-17-6-7-18-20(26)9-11-28-21(18)12-17/h2-8,10,12,14,23H,9,11H2,1H3. The Morgan fingerprint density at radius 2 is 2.00 bits per heavy atom. The summed E-state index contributed by atoms with van der Waals surface area (Å²) in [5.74, 6) is 1.74. The third-order valence-electron chi connectivity index (χ3n) is 4.76. The van der Waals surface area contributed by atoms with E-state index in [4.69, 9.17) is 19.5 Å². The van der Waals surface area contributed by atoms with Gasteiger partial charge < -0.3 is 14.2 Å². The van der Waals surface area contributed by atoms with Crippen molar-refractivity contribution in [1.82, 2.24) is 4.98 Å². The maximum atomic E-state index is 12.0. The van der Waals surface area contributed by atoms with E-state index >= 15 is 0 Å². The molecule has 3 aromatic rings. The van der Waals surface area contributed by atoms with Gasteiger partial charge >= 0.3 is 0 Å². The Morgan fingerprint density at radius 1 is 1.17 bits per heavy atom. The first-order chi connectivity index (χ1) is 14.2. The summed E-state index contributed by atoms with van der Waals surface area (Å²) in [6.45, 7) is 0.368. The van der Waals surface area contributed by atoms with Gasteiger partial charge in [0.05, 0.1) is 37.1 Å². The number of rotatable bonds is 5. The van der Waals surface area contributed by atoms with Gasteiger partial charge in [-0.25, -0.2) is 0 Å². The van der Waals surface area contributed by atoms with Crippen LogP contribution in [0.1, 0.15) is 39.6 Å². The maximum Gasteiger partial charge on any atom is 0.169 e. The second-order valence-corrected chi connectivity index (χ2v) is 6.53. The van der Waals surface area contributed by atoms with E-state index < -0.39 is 6.10 Å². The first-order valence-corrected chi connectivity index (χ1v) is 9.14. The van der Waals surface area contributed by atoms with Gasteiger partial charge in [0, 0.05) is 24.2 Å². The number of ether oxygens (including phenoxy) is 3. The third-order valence-corrected chi connectivity index (χ3v) is 4.76. The molecular formula is C23H18N2O4. The summed E-state index contributed by atoms with van der Waals surface area (Å²) in [6, 6.07) is 16.4. The van der Waals surface area contributed by atoms with E-state index in [0.29, 0.717) is 41.4 Å². The fourth-order valence-electron chi connectivity index (χ4n) is 3.27. The van der Waals surface area contributed by atoms with Crippen LogP contribution in [0.25, 0.3) is 0 Å². The van der Waals surface area contributed by atoms with Crippen LogP contribution in [0.2, 0.25) is 0 Å². The van der Waals surface area contributed by atoms with Crippen molar-refractivity contribution in [3.05, 3.63) is 83.2 Å². The average molecular weight is 386 g/mol. The number of Topliss-reactive ketones (excluding diaryl/α,β-unsaturated/α-hetero) is 1. The lowest BCUT2D eigenvalue weighted by atomic mass is 10.00. The molecule has 2 heterocycles. The molecule has 0 N–H and O–H groups in total. The van der Waals surface area contributed by atoms with Gasteiger partial charge in [-0.3, -0.25) is 9.78 Å². The zero-order chi connectivity index (χ0) is 20.2. The molecule has 0 saturated carbocycles. The van der Waals surface area contributed by atoms with Crippen LogP contribution >= 0.6 is 0 Å². The van der Waals surface area contributed by atoms with Crippen LogP contribution in [0, 0.1) is 11.3 Å². The topological polar surface area (TPSA) is 81.4 Å². The molecular weight excluding hydrogens is 368 g/mol. The molecule has 1 aliphatic heterocycles. The largest absolute Gasteiger partial charge is 0.495 e. The number of benzene rings is 2. The second kappa shape index (κ2) is 8.03. The van der Waals surface area contributed by atoms with Crippen LogP contribution in [-0.4, -0.2) is 24.5 Å². The highest BCUT2D eigenvalue weighted by Crippen LogP contribution is 2.36. The van der Waals surface area contributed by atoms with E-state index in [0.717, 1.165) is 11.1 Å². The summed E-state index contributed by atoms with van der Waals surface area (Å²) in [5.41, 5.74) is 2.78. The highest BCUT2D eigenvalue weighted by atomic mass is 16.5. The van der Waals surface area contributed by atoms with Crippen molar-refractivity contribution >= 4 is 5.78 Å². The average Bonchev–Trinajstić information content (AvgIpc) is 2.78. The minimum atomic E-state index is -0.502. The van der Waals surface area contributed by atoms with Crippen LogP contribution in [0.15, 0.2) is 60.9 Å². The van der Waals surface area contributed by atoms with E-state index in [1.54, 1.807) is 49.8 Å². The monoisotopic (exact) mass is 386 g/mol. The Kier molecular flexibility index (Phi) is 5.12. The molecule has 6 heteroatoms. The molecule has 6 nitrogen and oxygen atoms in total. The zero-order valence-corrected chi connectivity index (χ0v) is 15.8. The predicted molar refractivity (Wildman–Crippen MR) is 105 cm³/mol. The number of fused-ring (bicyclic) bond motifs is 1. The Hall–Kier alpha value is -3.85. The van der Waals surface area contributed by atoms with E-state index in [1.165, 1.54) is 0 Å². The number of hydrogen-bond acceptors (Lipinski definition) is 6.